The molecule has 3 aromatic rings. The van der Waals surface area contributed by atoms with Crippen molar-refractivity contribution in [3.8, 4) is 0 Å². The number of methoxy groups -OCH3 is 1. The van der Waals surface area contributed by atoms with Crippen molar-refractivity contribution >= 4 is 34.0 Å². The zero-order chi connectivity index (χ0) is 13.9. The van der Waals surface area contributed by atoms with Crippen LogP contribution in [-0.2, 0) is 9.53 Å². The largest absolute Gasteiger partial charge is 0.469 e. The van der Waals surface area contributed by atoms with Gasteiger partial charge in [-0.05, 0) is 23.8 Å². The van der Waals surface area contributed by atoms with Gasteiger partial charge in [0.1, 0.15) is 11.2 Å². The van der Waals surface area contributed by atoms with Crippen LogP contribution >= 0.6 is 0 Å². The maximum Gasteiger partial charge on any atom is 0.309 e. The van der Waals surface area contributed by atoms with E-state index in [0.717, 1.165) is 27.5 Å². The van der Waals surface area contributed by atoms with E-state index < -0.39 is 0 Å². The van der Waals surface area contributed by atoms with Crippen molar-refractivity contribution < 1.29 is 13.9 Å². The van der Waals surface area contributed by atoms with Crippen LogP contribution in [0.1, 0.15) is 12.0 Å². The lowest BCUT2D eigenvalue weighted by molar-refractivity contribution is -0.139. The van der Waals surface area contributed by atoms with Crippen molar-refractivity contribution in [3.63, 3.8) is 0 Å². The van der Waals surface area contributed by atoms with E-state index in [9.17, 15) is 4.79 Å². The van der Waals surface area contributed by atoms with E-state index in [-0.39, 0.29) is 12.4 Å². The summed E-state index contributed by atoms with van der Waals surface area (Å²) >= 11 is 0. The Morgan fingerprint density at radius 2 is 1.95 bits per heavy atom. The van der Waals surface area contributed by atoms with Crippen molar-refractivity contribution in [2.75, 3.05) is 7.11 Å². The van der Waals surface area contributed by atoms with Gasteiger partial charge in [0.05, 0.1) is 13.5 Å². The number of ether oxygens (including phenoxy) is 1. The Bertz CT molecular complexity index is 796. The highest BCUT2D eigenvalue weighted by Crippen LogP contribution is 2.29. The van der Waals surface area contributed by atoms with Crippen LogP contribution in [-0.4, -0.2) is 13.1 Å². The maximum absolute atomic E-state index is 11.1. The summed E-state index contributed by atoms with van der Waals surface area (Å²) < 4.78 is 10.4. The van der Waals surface area contributed by atoms with Crippen molar-refractivity contribution in [1.82, 2.24) is 0 Å². The predicted molar refractivity (Wildman–Crippen MR) is 79.4 cm³/mol. The zero-order valence-corrected chi connectivity index (χ0v) is 11.1. The molecule has 1 heterocycles. The number of carbonyl (C=O) groups is 1. The van der Waals surface area contributed by atoms with Gasteiger partial charge in [-0.2, -0.15) is 0 Å². The van der Waals surface area contributed by atoms with Crippen LogP contribution < -0.4 is 0 Å². The minimum absolute atomic E-state index is 0.240. The second kappa shape index (κ2) is 5.21. The van der Waals surface area contributed by atoms with Crippen molar-refractivity contribution in [2.45, 2.75) is 6.42 Å². The minimum Gasteiger partial charge on any atom is -0.469 e. The van der Waals surface area contributed by atoms with Gasteiger partial charge in [0, 0.05) is 10.8 Å². The summed E-state index contributed by atoms with van der Waals surface area (Å²) in [7, 11) is 1.39. The first-order chi connectivity index (χ1) is 9.78. The Kier molecular flexibility index (Phi) is 3.25. The molecular weight excluding hydrogens is 252 g/mol. The molecule has 0 aliphatic rings. The van der Waals surface area contributed by atoms with Crippen LogP contribution in [0.25, 0.3) is 28.0 Å². The third kappa shape index (κ3) is 2.30. The van der Waals surface area contributed by atoms with Gasteiger partial charge >= 0.3 is 5.97 Å². The number of para-hydroxylation sites is 1. The molecule has 100 valence electrons. The number of fused-ring (bicyclic) bond motifs is 3. The number of furan rings is 1. The molecule has 0 fully saturated rings. The number of benzene rings is 2. The van der Waals surface area contributed by atoms with Gasteiger partial charge in [-0.25, -0.2) is 0 Å². The van der Waals surface area contributed by atoms with E-state index in [2.05, 4.69) is 10.8 Å². The van der Waals surface area contributed by atoms with E-state index in [1.807, 2.05) is 42.5 Å². The molecule has 2 aromatic carbocycles. The molecule has 0 atom stereocenters. The van der Waals surface area contributed by atoms with Gasteiger partial charge in [-0.15, -0.1) is 0 Å². The molecule has 3 rings (SSSR count). The van der Waals surface area contributed by atoms with E-state index in [0.29, 0.717) is 0 Å². The van der Waals surface area contributed by atoms with Gasteiger partial charge in [0.2, 0.25) is 0 Å². The molecular formula is C17H14O3. The molecule has 3 heteroatoms. The van der Waals surface area contributed by atoms with Gasteiger partial charge in [0.25, 0.3) is 0 Å². The number of rotatable bonds is 3. The number of carbonyl (C=O) groups excluding carboxylic acids is 1. The molecule has 0 aliphatic carbocycles. The van der Waals surface area contributed by atoms with Gasteiger partial charge < -0.3 is 9.15 Å². The normalized spacial score (nSPS) is 11.4. The third-order valence-electron chi connectivity index (χ3n) is 3.22. The maximum atomic E-state index is 11.1. The van der Waals surface area contributed by atoms with E-state index >= 15 is 0 Å². The van der Waals surface area contributed by atoms with E-state index in [4.69, 9.17) is 4.42 Å². The van der Waals surface area contributed by atoms with Crippen LogP contribution in [0.15, 0.2) is 53.0 Å². The number of hydrogen-bond donors (Lipinski definition) is 0. The average molecular weight is 266 g/mol. The first-order valence-corrected chi connectivity index (χ1v) is 6.42. The highest BCUT2D eigenvalue weighted by molar-refractivity contribution is 6.05. The van der Waals surface area contributed by atoms with E-state index in [1.165, 1.54) is 7.11 Å². The van der Waals surface area contributed by atoms with Crippen LogP contribution in [0.3, 0.4) is 0 Å². The standard InChI is InChI=1S/C17H14O3/c1-19-17(18)8-4-5-12-9-10-16-14(11-12)13-6-2-3-7-15(13)20-16/h2-7,9-11H,8H2,1H3. The number of esters is 1. The lowest BCUT2D eigenvalue weighted by Gasteiger charge is -1.95. The molecule has 0 amide bonds. The fourth-order valence-electron chi connectivity index (χ4n) is 2.22. The Balaban J connectivity index is 1.97. The molecule has 3 nitrogen and oxygen atoms in total. The highest BCUT2D eigenvalue weighted by Gasteiger charge is 2.05. The van der Waals surface area contributed by atoms with E-state index in [1.54, 1.807) is 6.08 Å². The van der Waals surface area contributed by atoms with Crippen LogP contribution in [0, 0.1) is 0 Å². The molecule has 0 saturated carbocycles. The summed E-state index contributed by atoms with van der Waals surface area (Å²) in [4.78, 5) is 11.1. The summed E-state index contributed by atoms with van der Waals surface area (Å²) in [6, 6.07) is 13.9. The molecule has 0 saturated heterocycles. The van der Waals surface area contributed by atoms with Crippen LogP contribution in [0.4, 0.5) is 0 Å². The SMILES string of the molecule is COC(=O)CC=Cc1ccc2oc3ccccc3c2c1. The Labute approximate surface area is 116 Å². The third-order valence-corrected chi connectivity index (χ3v) is 3.22. The molecule has 0 aliphatic heterocycles. The Morgan fingerprint density at radius 3 is 2.80 bits per heavy atom. The van der Waals surface area contributed by atoms with Crippen molar-refractivity contribution in [3.05, 3.63) is 54.1 Å². The molecule has 0 bridgehead atoms. The lowest BCUT2D eigenvalue weighted by Crippen LogP contribution is -1.96. The molecule has 1 aromatic heterocycles. The van der Waals surface area contributed by atoms with Crippen molar-refractivity contribution in [1.29, 1.82) is 0 Å². The summed E-state index contributed by atoms with van der Waals surface area (Å²) in [5.74, 6) is -0.240. The van der Waals surface area contributed by atoms with Gasteiger partial charge in [-0.1, -0.05) is 36.4 Å². The molecule has 0 spiro atoms. The first-order valence-electron chi connectivity index (χ1n) is 6.42. The van der Waals surface area contributed by atoms with Crippen LogP contribution in [0.2, 0.25) is 0 Å². The summed E-state index contributed by atoms with van der Waals surface area (Å²) in [5.41, 5.74) is 2.79. The second-order valence-corrected chi connectivity index (χ2v) is 4.54. The van der Waals surface area contributed by atoms with Gasteiger partial charge in [0.15, 0.2) is 0 Å². The summed E-state index contributed by atoms with van der Waals surface area (Å²) in [5, 5.41) is 2.19. The fourth-order valence-corrected chi connectivity index (χ4v) is 2.22. The Morgan fingerprint density at radius 1 is 1.15 bits per heavy atom. The molecule has 20 heavy (non-hydrogen) atoms. The quantitative estimate of drug-likeness (QED) is 0.668. The molecule has 0 unspecified atom stereocenters. The number of hydrogen-bond acceptors (Lipinski definition) is 3. The van der Waals surface area contributed by atoms with Crippen LogP contribution in [0.5, 0.6) is 0 Å². The first kappa shape index (κ1) is 12.5. The van der Waals surface area contributed by atoms with Gasteiger partial charge in [-0.3, -0.25) is 4.79 Å². The molecule has 0 N–H and O–H groups in total. The lowest BCUT2D eigenvalue weighted by atomic mass is 10.1. The Hall–Kier alpha value is -2.55. The molecule has 0 radical (unpaired) electrons. The summed E-state index contributed by atoms with van der Waals surface area (Å²) in [6.07, 6.45) is 3.99. The topological polar surface area (TPSA) is 39.4 Å². The highest BCUT2D eigenvalue weighted by atomic mass is 16.5. The second-order valence-electron chi connectivity index (χ2n) is 4.54. The minimum atomic E-state index is -0.240. The summed E-state index contributed by atoms with van der Waals surface area (Å²) in [6.45, 7) is 0. The van der Waals surface area contributed by atoms with Crippen molar-refractivity contribution in [2.24, 2.45) is 0 Å². The monoisotopic (exact) mass is 266 g/mol. The smallest absolute Gasteiger partial charge is 0.309 e. The predicted octanol–water partition coefficient (Wildman–Crippen LogP) is 4.16. The zero-order valence-electron chi connectivity index (χ0n) is 11.1. The fraction of sp³-hybridized carbons (Fsp3) is 0.118. The average Bonchev–Trinajstić information content (AvgIpc) is 2.85.